The predicted molar refractivity (Wildman–Crippen MR) is 57.9 cm³/mol. The minimum Gasteiger partial charge on any atom is -0.320 e. The number of rotatable bonds is 5. The smallest absolute Gasteiger partial charge is 0.320 e. The van der Waals surface area contributed by atoms with Crippen molar-refractivity contribution in [3.8, 4) is 0 Å². The van der Waals surface area contributed by atoms with Gasteiger partial charge in [-0.25, -0.2) is 8.78 Å². The molecular weight excluding hydrogens is 296 g/mol. The molecule has 1 amide bonds. The van der Waals surface area contributed by atoms with E-state index in [1.807, 2.05) is 0 Å². The summed E-state index contributed by atoms with van der Waals surface area (Å²) in [6, 6.07) is 4.83. The molecule has 2 nitrogen and oxygen atoms in total. The first-order chi connectivity index (χ1) is 8.75. The van der Waals surface area contributed by atoms with Crippen molar-refractivity contribution in [3.63, 3.8) is 0 Å². The highest BCUT2D eigenvalue weighted by Gasteiger charge is 2.49. The van der Waals surface area contributed by atoms with E-state index in [4.69, 9.17) is 0 Å². The van der Waals surface area contributed by atoms with Crippen molar-refractivity contribution in [1.29, 1.82) is 0 Å². The second kappa shape index (κ2) is 6.18. The first kappa shape index (κ1) is 15.7. The first-order valence-electron chi connectivity index (χ1n) is 4.76. The molecule has 0 saturated heterocycles. The summed E-state index contributed by atoms with van der Waals surface area (Å²) in [6.07, 6.45) is -4.18. The third-order valence-electron chi connectivity index (χ3n) is 1.93. The van der Waals surface area contributed by atoms with Crippen molar-refractivity contribution >= 4 is 23.4 Å². The molecule has 0 radical (unpaired) electrons. The number of alkyl halides is 6. The SMILES string of the molecule is O=C(Nc1ccccc1SC(F)F)C(F)(F)C(F)F. The van der Waals surface area contributed by atoms with Crippen LogP contribution in [0.15, 0.2) is 29.2 Å². The van der Waals surface area contributed by atoms with Gasteiger partial charge in [0.25, 0.3) is 5.76 Å². The summed E-state index contributed by atoms with van der Waals surface area (Å²) in [6.45, 7) is 0. The fourth-order valence-electron chi connectivity index (χ4n) is 1.07. The summed E-state index contributed by atoms with van der Waals surface area (Å²) in [5, 5.41) is 1.51. The van der Waals surface area contributed by atoms with Gasteiger partial charge in [-0.1, -0.05) is 23.9 Å². The number of para-hydroxylation sites is 1. The molecule has 0 unspecified atom stereocenters. The lowest BCUT2D eigenvalue weighted by atomic mass is 10.2. The van der Waals surface area contributed by atoms with E-state index in [1.165, 1.54) is 17.4 Å². The molecule has 0 saturated carbocycles. The van der Waals surface area contributed by atoms with Crippen LogP contribution in [0.4, 0.5) is 32.0 Å². The zero-order valence-corrected chi connectivity index (χ0v) is 9.86. The summed E-state index contributed by atoms with van der Waals surface area (Å²) in [4.78, 5) is 10.8. The minimum atomic E-state index is -4.89. The fraction of sp³-hybridized carbons (Fsp3) is 0.300. The summed E-state index contributed by atoms with van der Waals surface area (Å²) in [7, 11) is 0. The Hall–Kier alpha value is -1.38. The largest absolute Gasteiger partial charge is 0.383 e. The number of anilines is 1. The predicted octanol–water partition coefficient (Wildman–Crippen LogP) is 3.84. The maximum Gasteiger partial charge on any atom is 0.383 e. The van der Waals surface area contributed by atoms with Crippen molar-refractivity contribution in [1.82, 2.24) is 0 Å². The zero-order chi connectivity index (χ0) is 14.6. The number of benzene rings is 1. The Morgan fingerprint density at radius 3 is 2.26 bits per heavy atom. The second-order valence-corrected chi connectivity index (χ2v) is 4.28. The number of amides is 1. The molecule has 0 aromatic heterocycles. The van der Waals surface area contributed by atoms with E-state index in [-0.39, 0.29) is 22.3 Å². The molecule has 0 fully saturated rings. The molecule has 0 aliphatic heterocycles. The first-order valence-corrected chi connectivity index (χ1v) is 5.64. The maximum absolute atomic E-state index is 12.7. The van der Waals surface area contributed by atoms with Crippen molar-refractivity contribution in [2.45, 2.75) is 23.0 Å². The fourth-order valence-corrected chi connectivity index (χ4v) is 1.67. The molecule has 0 aliphatic carbocycles. The Morgan fingerprint density at radius 2 is 1.74 bits per heavy atom. The molecule has 1 N–H and O–H groups in total. The molecule has 1 aromatic rings. The van der Waals surface area contributed by atoms with Crippen molar-refractivity contribution in [2.75, 3.05) is 5.32 Å². The Labute approximate surface area is 108 Å². The van der Waals surface area contributed by atoms with E-state index in [0.29, 0.717) is 0 Å². The van der Waals surface area contributed by atoms with Crippen molar-refractivity contribution < 1.29 is 31.1 Å². The summed E-state index contributed by atoms with van der Waals surface area (Å²) < 4.78 is 73.7. The average Bonchev–Trinajstić information content (AvgIpc) is 2.30. The number of hydrogen-bond acceptors (Lipinski definition) is 2. The Morgan fingerprint density at radius 1 is 1.16 bits per heavy atom. The van der Waals surface area contributed by atoms with Crippen LogP contribution in [-0.2, 0) is 4.79 Å². The van der Waals surface area contributed by atoms with Crippen LogP contribution in [0, 0.1) is 0 Å². The van der Waals surface area contributed by atoms with Gasteiger partial charge in [0.15, 0.2) is 0 Å². The van der Waals surface area contributed by atoms with Crippen LogP contribution in [0.1, 0.15) is 0 Å². The van der Waals surface area contributed by atoms with E-state index in [9.17, 15) is 31.1 Å². The molecular formula is C10H7F6NOS. The monoisotopic (exact) mass is 303 g/mol. The molecule has 0 heterocycles. The Bertz CT molecular complexity index is 453. The van der Waals surface area contributed by atoms with Crippen LogP contribution in [0.3, 0.4) is 0 Å². The Kier molecular flexibility index (Phi) is 5.10. The third-order valence-corrected chi connectivity index (χ3v) is 2.72. The van der Waals surface area contributed by atoms with Crippen LogP contribution in [0.25, 0.3) is 0 Å². The van der Waals surface area contributed by atoms with E-state index < -0.39 is 24.0 Å². The number of halogens is 6. The van der Waals surface area contributed by atoms with Crippen LogP contribution in [0.2, 0.25) is 0 Å². The number of thioether (sulfide) groups is 1. The number of carbonyl (C=O) groups excluding carboxylic acids is 1. The van der Waals surface area contributed by atoms with Crippen LogP contribution in [0.5, 0.6) is 0 Å². The molecule has 1 rings (SSSR count). The number of nitrogens with one attached hydrogen (secondary N) is 1. The van der Waals surface area contributed by atoms with Gasteiger partial charge in [-0.05, 0) is 12.1 Å². The van der Waals surface area contributed by atoms with Crippen molar-refractivity contribution in [2.24, 2.45) is 0 Å². The lowest BCUT2D eigenvalue weighted by Gasteiger charge is -2.16. The highest BCUT2D eigenvalue weighted by atomic mass is 32.2. The van der Waals surface area contributed by atoms with Crippen LogP contribution < -0.4 is 5.32 Å². The van der Waals surface area contributed by atoms with Gasteiger partial charge in [0.2, 0.25) is 0 Å². The average molecular weight is 303 g/mol. The topological polar surface area (TPSA) is 29.1 Å². The quantitative estimate of drug-likeness (QED) is 0.661. The highest BCUT2D eigenvalue weighted by molar-refractivity contribution is 7.99. The second-order valence-electron chi connectivity index (χ2n) is 3.25. The summed E-state index contributed by atoms with van der Waals surface area (Å²) >= 11 is 0.00561. The summed E-state index contributed by atoms with van der Waals surface area (Å²) in [5.41, 5.74) is -0.377. The maximum atomic E-state index is 12.7. The lowest BCUT2D eigenvalue weighted by Crippen LogP contribution is -2.41. The molecule has 0 aliphatic rings. The van der Waals surface area contributed by atoms with Crippen LogP contribution in [-0.4, -0.2) is 24.0 Å². The molecule has 0 atom stereocenters. The molecule has 19 heavy (non-hydrogen) atoms. The van der Waals surface area contributed by atoms with Gasteiger partial charge in [-0.15, -0.1) is 0 Å². The van der Waals surface area contributed by atoms with E-state index >= 15 is 0 Å². The summed E-state index contributed by atoms with van der Waals surface area (Å²) in [5.74, 6) is -9.97. The standard InChI is InChI=1S/C10H7F6NOS/c11-7(12)10(15,16)8(18)17-5-3-1-2-4-6(5)19-9(13)14/h1-4,7,9H,(H,17,18). The molecule has 0 bridgehead atoms. The van der Waals surface area contributed by atoms with Gasteiger partial charge in [0, 0.05) is 4.90 Å². The van der Waals surface area contributed by atoms with Gasteiger partial charge in [0.1, 0.15) is 0 Å². The molecule has 106 valence electrons. The van der Waals surface area contributed by atoms with Crippen LogP contribution >= 0.6 is 11.8 Å². The third kappa shape index (κ3) is 4.05. The van der Waals surface area contributed by atoms with E-state index in [0.717, 1.165) is 12.1 Å². The number of carbonyl (C=O) groups is 1. The number of hydrogen-bond donors (Lipinski definition) is 1. The van der Waals surface area contributed by atoms with Crippen molar-refractivity contribution in [3.05, 3.63) is 24.3 Å². The van der Waals surface area contributed by atoms with Gasteiger partial charge < -0.3 is 5.32 Å². The Balaban J connectivity index is 2.91. The van der Waals surface area contributed by atoms with E-state index in [1.54, 1.807) is 0 Å². The normalized spacial score (nSPS) is 12.0. The molecule has 9 heteroatoms. The van der Waals surface area contributed by atoms with E-state index in [2.05, 4.69) is 0 Å². The van der Waals surface area contributed by atoms with Gasteiger partial charge in [0.05, 0.1) is 5.69 Å². The lowest BCUT2D eigenvalue weighted by molar-refractivity contribution is -0.163. The van der Waals surface area contributed by atoms with Gasteiger partial charge in [-0.3, -0.25) is 4.79 Å². The molecule has 0 spiro atoms. The van der Waals surface area contributed by atoms with Gasteiger partial charge in [-0.2, -0.15) is 17.6 Å². The highest BCUT2D eigenvalue weighted by Crippen LogP contribution is 2.33. The molecule has 1 aromatic carbocycles. The zero-order valence-electron chi connectivity index (χ0n) is 9.05. The van der Waals surface area contributed by atoms with Gasteiger partial charge >= 0.3 is 18.3 Å². The minimum absolute atomic E-state index is 0.00561.